The lowest BCUT2D eigenvalue weighted by atomic mass is 9.96. The van der Waals surface area contributed by atoms with Gasteiger partial charge in [0.25, 0.3) is 0 Å². The van der Waals surface area contributed by atoms with Crippen molar-refractivity contribution in [2.75, 3.05) is 19.8 Å². The van der Waals surface area contributed by atoms with Crippen LogP contribution in [0.5, 0.6) is 0 Å². The molecule has 1 aliphatic heterocycles. The zero-order chi connectivity index (χ0) is 18.6. The molecule has 2 atom stereocenters. The summed E-state index contributed by atoms with van der Waals surface area (Å²) >= 11 is 0. The molecule has 0 bridgehead atoms. The Morgan fingerprint density at radius 3 is 2.42 bits per heavy atom. The van der Waals surface area contributed by atoms with Crippen LogP contribution in [0.25, 0.3) is 0 Å². The van der Waals surface area contributed by atoms with E-state index in [9.17, 15) is 0 Å². The number of fused-ring (bicyclic) bond motifs is 1. The first-order chi connectivity index (χ1) is 12.7. The topological polar surface area (TPSA) is 12.5 Å². The standard InChI is InChI=1S/C24H41NO/c1-4-6-8-9-13-22(12-7-5-2)20-26-19-21(3)25-17-16-23-14-10-11-15-24(23)18-25/h10-11,14-15,21-22H,4-9,12-13,16-20H2,1-3H3. The summed E-state index contributed by atoms with van der Waals surface area (Å²) in [7, 11) is 0. The average molecular weight is 360 g/mol. The number of unbranched alkanes of at least 4 members (excludes halogenated alkanes) is 4. The molecule has 148 valence electrons. The molecular weight excluding hydrogens is 318 g/mol. The van der Waals surface area contributed by atoms with Gasteiger partial charge in [0.2, 0.25) is 0 Å². The van der Waals surface area contributed by atoms with Crippen molar-refractivity contribution in [1.29, 1.82) is 0 Å². The summed E-state index contributed by atoms with van der Waals surface area (Å²) < 4.78 is 6.21. The van der Waals surface area contributed by atoms with E-state index in [4.69, 9.17) is 4.74 Å². The second-order valence-corrected chi connectivity index (χ2v) is 8.23. The molecule has 0 fully saturated rings. The lowest BCUT2D eigenvalue weighted by Crippen LogP contribution is -2.40. The van der Waals surface area contributed by atoms with Crippen LogP contribution in [0.4, 0.5) is 0 Å². The van der Waals surface area contributed by atoms with Crippen LogP contribution in [-0.4, -0.2) is 30.7 Å². The molecule has 2 heteroatoms. The van der Waals surface area contributed by atoms with Crippen LogP contribution in [0.2, 0.25) is 0 Å². The van der Waals surface area contributed by atoms with Crippen LogP contribution in [0.15, 0.2) is 24.3 Å². The van der Waals surface area contributed by atoms with Gasteiger partial charge >= 0.3 is 0 Å². The molecule has 0 saturated carbocycles. The van der Waals surface area contributed by atoms with E-state index in [2.05, 4.69) is 49.9 Å². The number of ether oxygens (including phenoxy) is 1. The van der Waals surface area contributed by atoms with Gasteiger partial charge in [-0.15, -0.1) is 0 Å². The molecule has 2 rings (SSSR count). The summed E-state index contributed by atoms with van der Waals surface area (Å²) in [6, 6.07) is 9.41. The Morgan fingerprint density at radius 2 is 1.65 bits per heavy atom. The second kappa shape index (κ2) is 12.5. The van der Waals surface area contributed by atoms with Crippen molar-refractivity contribution in [1.82, 2.24) is 4.90 Å². The molecule has 1 aromatic carbocycles. The highest BCUT2D eigenvalue weighted by molar-refractivity contribution is 5.29. The van der Waals surface area contributed by atoms with E-state index in [1.165, 1.54) is 68.9 Å². The van der Waals surface area contributed by atoms with Gasteiger partial charge < -0.3 is 4.74 Å². The first-order valence-electron chi connectivity index (χ1n) is 11.1. The highest BCUT2D eigenvalue weighted by atomic mass is 16.5. The van der Waals surface area contributed by atoms with Crippen molar-refractivity contribution in [2.45, 2.75) is 91.1 Å². The molecule has 26 heavy (non-hydrogen) atoms. The quantitative estimate of drug-likeness (QED) is 0.387. The molecule has 2 nitrogen and oxygen atoms in total. The fourth-order valence-corrected chi connectivity index (χ4v) is 4.07. The smallest absolute Gasteiger partial charge is 0.0619 e. The Labute approximate surface area is 162 Å². The van der Waals surface area contributed by atoms with Gasteiger partial charge in [0.05, 0.1) is 6.61 Å². The Hall–Kier alpha value is -0.860. The van der Waals surface area contributed by atoms with Gasteiger partial charge in [-0.2, -0.15) is 0 Å². The van der Waals surface area contributed by atoms with Gasteiger partial charge in [-0.05, 0) is 43.2 Å². The second-order valence-electron chi connectivity index (χ2n) is 8.23. The van der Waals surface area contributed by atoms with E-state index in [-0.39, 0.29) is 0 Å². The first-order valence-corrected chi connectivity index (χ1v) is 11.1. The molecule has 0 aromatic heterocycles. The molecule has 0 N–H and O–H groups in total. The molecule has 0 saturated heterocycles. The number of rotatable bonds is 13. The highest BCUT2D eigenvalue weighted by Gasteiger charge is 2.20. The monoisotopic (exact) mass is 359 g/mol. The van der Waals surface area contributed by atoms with Crippen molar-refractivity contribution >= 4 is 0 Å². The molecule has 0 spiro atoms. The maximum absolute atomic E-state index is 6.21. The molecule has 1 heterocycles. The first kappa shape index (κ1) is 21.4. The van der Waals surface area contributed by atoms with Gasteiger partial charge in [-0.3, -0.25) is 4.90 Å². The van der Waals surface area contributed by atoms with E-state index in [1.54, 1.807) is 0 Å². The minimum absolute atomic E-state index is 0.510. The van der Waals surface area contributed by atoms with Crippen LogP contribution in [0.3, 0.4) is 0 Å². The van der Waals surface area contributed by atoms with Crippen LogP contribution >= 0.6 is 0 Å². The third-order valence-electron chi connectivity index (χ3n) is 5.93. The van der Waals surface area contributed by atoms with E-state index < -0.39 is 0 Å². The van der Waals surface area contributed by atoms with Crippen molar-refractivity contribution < 1.29 is 4.74 Å². The van der Waals surface area contributed by atoms with Gasteiger partial charge in [0, 0.05) is 25.7 Å². The maximum atomic E-state index is 6.21. The van der Waals surface area contributed by atoms with Gasteiger partial charge in [-0.25, -0.2) is 0 Å². The highest BCUT2D eigenvalue weighted by Crippen LogP contribution is 2.21. The lowest BCUT2D eigenvalue weighted by molar-refractivity contribution is 0.0381. The minimum Gasteiger partial charge on any atom is -0.380 e. The maximum Gasteiger partial charge on any atom is 0.0619 e. The fraction of sp³-hybridized carbons (Fsp3) is 0.750. The van der Waals surface area contributed by atoms with Crippen molar-refractivity contribution in [3.63, 3.8) is 0 Å². The van der Waals surface area contributed by atoms with Crippen molar-refractivity contribution in [2.24, 2.45) is 5.92 Å². The predicted molar refractivity (Wildman–Crippen MR) is 113 cm³/mol. The number of benzene rings is 1. The van der Waals surface area contributed by atoms with Crippen LogP contribution < -0.4 is 0 Å². The Balaban J connectivity index is 1.70. The minimum atomic E-state index is 0.510. The Morgan fingerprint density at radius 1 is 0.923 bits per heavy atom. The third-order valence-corrected chi connectivity index (χ3v) is 5.93. The Bertz CT molecular complexity index is 487. The molecule has 0 amide bonds. The average Bonchev–Trinajstić information content (AvgIpc) is 2.68. The number of hydrogen-bond donors (Lipinski definition) is 0. The van der Waals surface area contributed by atoms with E-state index in [0.717, 1.165) is 32.2 Å². The number of hydrogen-bond acceptors (Lipinski definition) is 2. The van der Waals surface area contributed by atoms with E-state index in [1.807, 2.05) is 0 Å². The molecule has 1 aliphatic rings. The Kier molecular flexibility index (Phi) is 10.3. The summed E-state index contributed by atoms with van der Waals surface area (Å²) in [5, 5.41) is 0. The SMILES string of the molecule is CCCCCCC(CCCC)COCC(C)N1CCc2ccccc2C1. The normalized spacial score (nSPS) is 17.0. The summed E-state index contributed by atoms with van der Waals surface area (Å²) in [4.78, 5) is 2.59. The van der Waals surface area contributed by atoms with Crippen LogP contribution in [0, 0.1) is 5.92 Å². The van der Waals surface area contributed by atoms with Crippen LogP contribution in [0.1, 0.15) is 83.3 Å². The fourth-order valence-electron chi connectivity index (χ4n) is 4.07. The molecule has 0 aliphatic carbocycles. The van der Waals surface area contributed by atoms with Gasteiger partial charge in [0.1, 0.15) is 0 Å². The summed E-state index contributed by atoms with van der Waals surface area (Å²) in [5.41, 5.74) is 3.03. The van der Waals surface area contributed by atoms with Crippen molar-refractivity contribution in [3.05, 3.63) is 35.4 Å². The van der Waals surface area contributed by atoms with Crippen LogP contribution in [-0.2, 0) is 17.7 Å². The summed E-state index contributed by atoms with van der Waals surface area (Å²) in [6.45, 7) is 11.0. The number of nitrogens with zero attached hydrogens (tertiary/aromatic N) is 1. The summed E-state index contributed by atoms with van der Waals surface area (Å²) in [5.74, 6) is 0.765. The summed E-state index contributed by atoms with van der Waals surface area (Å²) in [6.07, 6.45) is 12.0. The zero-order valence-corrected chi connectivity index (χ0v) is 17.5. The lowest BCUT2D eigenvalue weighted by Gasteiger charge is -2.33. The van der Waals surface area contributed by atoms with Crippen molar-refractivity contribution in [3.8, 4) is 0 Å². The van der Waals surface area contributed by atoms with Gasteiger partial charge in [-0.1, -0.05) is 76.6 Å². The molecule has 0 radical (unpaired) electrons. The largest absolute Gasteiger partial charge is 0.380 e. The van der Waals surface area contributed by atoms with E-state index in [0.29, 0.717) is 6.04 Å². The predicted octanol–water partition coefficient (Wildman–Crippen LogP) is 6.23. The van der Waals surface area contributed by atoms with Gasteiger partial charge in [0.15, 0.2) is 0 Å². The molecular formula is C24H41NO. The zero-order valence-electron chi connectivity index (χ0n) is 17.5. The molecule has 2 unspecified atom stereocenters. The third kappa shape index (κ3) is 7.40. The molecule has 1 aromatic rings. The van der Waals surface area contributed by atoms with E-state index >= 15 is 0 Å².